The lowest BCUT2D eigenvalue weighted by atomic mass is 10.0. The molecule has 3 heterocycles. The fraction of sp³-hybridized carbons (Fsp3) is 0. The van der Waals surface area contributed by atoms with E-state index < -0.39 is 0 Å². The van der Waals surface area contributed by atoms with Crippen molar-refractivity contribution in [1.82, 2.24) is 19.1 Å². The summed E-state index contributed by atoms with van der Waals surface area (Å²) in [5.74, 6) is 0. The molecule has 0 radical (unpaired) electrons. The smallest absolute Gasteiger partial charge is 0.0973 e. The highest BCUT2D eigenvalue weighted by Crippen LogP contribution is 2.42. The Balaban J connectivity index is 1.19. The molecule has 0 aliphatic heterocycles. The van der Waals surface area contributed by atoms with Gasteiger partial charge >= 0.3 is 0 Å². The Labute approximate surface area is 299 Å². The summed E-state index contributed by atoms with van der Waals surface area (Å²) >= 11 is 0. The molecule has 52 heavy (non-hydrogen) atoms. The predicted octanol–water partition coefficient (Wildman–Crippen LogP) is 12.3. The minimum atomic E-state index is 0.874. The largest absolute Gasteiger partial charge is 0.309 e. The van der Waals surface area contributed by atoms with Gasteiger partial charge in [0.05, 0.1) is 44.5 Å². The van der Waals surface area contributed by atoms with Crippen molar-refractivity contribution in [2.45, 2.75) is 0 Å². The Kier molecular flexibility index (Phi) is 6.22. The van der Waals surface area contributed by atoms with Gasteiger partial charge in [0, 0.05) is 44.0 Å². The van der Waals surface area contributed by atoms with Crippen LogP contribution in [0, 0.1) is 0 Å². The van der Waals surface area contributed by atoms with Gasteiger partial charge in [0.15, 0.2) is 0 Å². The van der Waals surface area contributed by atoms with E-state index in [-0.39, 0.29) is 0 Å². The lowest BCUT2D eigenvalue weighted by Crippen LogP contribution is -1.97. The van der Waals surface area contributed by atoms with Crippen molar-refractivity contribution >= 4 is 65.4 Å². The van der Waals surface area contributed by atoms with Crippen LogP contribution < -0.4 is 0 Å². The van der Waals surface area contributed by atoms with E-state index in [1.807, 2.05) is 30.3 Å². The number of nitrogens with zero attached hydrogens (tertiary/aromatic N) is 4. The third-order valence-corrected chi connectivity index (χ3v) is 10.5. The molecule has 0 amide bonds. The van der Waals surface area contributed by atoms with E-state index in [1.165, 1.54) is 54.4 Å². The monoisotopic (exact) mass is 662 g/mol. The highest BCUT2D eigenvalue weighted by molar-refractivity contribution is 6.25. The maximum Gasteiger partial charge on any atom is 0.0973 e. The zero-order valence-electron chi connectivity index (χ0n) is 28.1. The average molecular weight is 663 g/mol. The van der Waals surface area contributed by atoms with Crippen LogP contribution in [0.1, 0.15) is 0 Å². The molecule has 242 valence electrons. The van der Waals surface area contributed by atoms with E-state index >= 15 is 0 Å². The lowest BCUT2D eigenvalue weighted by Gasteiger charge is -2.13. The third-order valence-electron chi connectivity index (χ3n) is 10.5. The third kappa shape index (κ3) is 4.28. The Morgan fingerprint density at radius 2 is 0.885 bits per heavy atom. The topological polar surface area (TPSA) is 35.6 Å². The van der Waals surface area contributed by atoms with Crippen LogP contribution in [0.15, 0.2) is 182 Å². The maximum absolute atomic E-state index is 5.17. The molecule has 0 saturated carbocycles. The number of aromatic nitrogens is 4. The van der Waals surface area contributed by atoms with Gasteiger partial charge in [0.1, 0.15) is 0 Å². The lowest BCUT2D eigenvalue weighted by molar-refractivity contribution is 1.16. The number of fused-ring (bicyclic) bond motifs is 9. The van der Waals surface area contributed by atoms with E-state index in [0.717, 1.165) is 44.9 Å². The van der Waals surface area contributed by atoms with Gasteiger partial charge in [-0.25, -0.2) is 9.97 Å². The normalized spacial score (nSPS) is 11.8. The van der Waals surface area contributed by atoms with E-state index in [9.17, 15) is 0 Å². The van der Waals surface area contributed by atoms with E-state index in [0.29, 0.717) is 0 Å². The molecule has 0 bridgehead atoms. The Morgan fingerprint density at radius 1 is 0.327 bits per heavy atom. The number of benzene rings is 8. The summed E-state index contributed by atoms with van der Waals surface area (Å²) in [4.78, 5) is 10.3. The molecule has 4 nitrogen and oxygen atoms in total. The Bertz CT molecular complexity index is 3160. The van der Waals surface area contributed by atoms with Gasteiger partial charge < -0.3 is 9.13 Å². The average Bonchev–Trinajstić information content (AvgIpc) is 3.72. The molecule has 0 N–H and O–H groups in total. The van der Waals surface area contributed by atoms with Crippen molar-refractivity contribution < 1.29 is 0 Å². The van der Waals surface area contributed by atoms with Crippen molar-refractivity contribution in [2.24, 2.45) is 0 Å². The molecule has 0 atom stereocenters. The van der Waals surface area contributed by atoms with Crippen LogP contribution in [-0.2, 0) is 0 Å². The first-order chi connectivity index (χ1) is 25.8. The number of para-hydroxylation sites is 4. The van der Waals surface area contributed by atoms with Gasteiger partial charge in [0.25, 0.3) is 0 Å². The summed E-state index contributed by atoms with van der Waals surface area (Å²) in [6.45, 7) is 0. The molecule has 0 aliphatic carbocycles. The molecule has 3 aromatic heterocycles. The predicted molar refractivity (Wildman–Crippen MR) is 217 cm³/mol. The van der Waals surface area contributed by atoms with Crippen LogP contribution in [0.3, 0.4) is 0 Å². The van der Waals surface area contributed by atoms with Crippen LogP contribution in [0.2, 0.25) is 0 Å². The fourth-order valence-corrected chi connectivity index (χ4v) is 8.15. The number of rotatable bonds is 4. The molecule has 4 heteroatoms. The molecular weight excluding hydrogens is 633 g/mol. The minimum Gasteiger partial charge on any atom is -0.309 e. The zero-order valence-corrected chi connectivity index (χ0v) is 28.1. The first-order valence-electron chi connectivity index (χ1n) is 17.7. The SMILES string of the molecule is c1ccc(-c2nc3ccccc3nc2-c2ccc(-n3c4cc5c(cc4c4c6ccccc6ccc43)c3ccccc3n5-c3ccccc3)cc2)cc1. The van der Waals surface area contributed by atoms with Gasteiger partial charge in [-0.05, 0) is 71.4 Å². The Hall–Kier alpha value is -7.04. The van der Waals surface area contributed by atoms with E-state index in [1.54, 1.807) is 0 Å². The molecule has 0 fully saturated rings. The van der Waals surface area contributed by atoms with Crippen LogP contribution in [0.25, 0.3) is 99.3 Å². The summed E-state index contributed by atoms with van der Waals surface area (Å²) < 4.78 is 4.83. The van der Waals surface area contributed by atoms with Crippen molar-refractivity contribution in [3.05, 3.63) is 182 Å². The minimum absolute atomic E-state index is 0.874. The molecular formula is C48H30N4. The van der Waals surface area contributed by atoms with E-state index in [4.69, 9.17) is 9.97 Å². The second-order valence-electron chi connectivity index (χ2n) is 13.4. The van der Waals surface area contributed by atoms with Gasteiger partial charge in [-0.2, -0.15) is 0 Å². The van der Waals surface area contributed by atoms with Crippen molar-refractivity contribution in [3.8, 4) is 33.9 Å². The zero-order chi connectivity index (χ0) is 34.2. The number of hydrogen-bond donors (Lipinski definition) is 0. The standard InChI is InChI=1S/C48H30N4/c1-3-14-32(15-4-1)47-48(50-41-21-11-10-20-40(41)49-47)33-23-26-35(27-24-33)52-43-28-25-31-13-7-8-18-36(31)46(43)39-29-38-37-19-9-12-22-42(37)51(44(38)30-45(39)52)34-16-5-2-6-17-34/h1-30H. The van der Waals surface area contributed by atoms with Gasteiger partial charge in [-0.3, -0.25) is 0 Å². The van der Waals surface area contributed by atoms with Gasteiger partial charge in [-0.1, -0.05) is 121 Å². The van der Waals surface area contributed by atoms with Crippen LogP contribution in [-0.4, -0.2) is 19.1 Å². The van der Waals surface area contributed by atoms with Crippen LogP contribution >= 0.6 is 0 Å². The first kappa shape index (κ1) is 28.8. The summed E-state index contributed by atoms with van der Waals surface area (Å²) in [5.41, 5.74) is 12.6. The molecule has 11 aromatic rings. The summed E-state index contributed by atoms with van der Waals surface area (Å²) in [6.07, 6.45) is 0. The van der Waals surface area contributed by atoms with Crippen LogP contribution in [0.4, 0.5) is 0 Å². The van der Waals surface area contributed by atoms with Crippen molar-refractivity contribution in [1.29, 1.82) is 0 Å². The highest BCUT2D eigenvalue weighted by Gasteiger charge is 2.20. The van der Waals surface area contributed by atoms with E-state index in [2.05, 4.69) is 161 Å². The van der Waals surface area contributed by atoms with Gasteiger partial charge in [-0.15, -0.1) is 0 Å². The summed E-state index contributed by atoms with van der Waals surface area (Å²) in [5, 5.41) is 7.50. The number of hydrogen-bond acceptors (Lipinski definition) is 2. The molecule has 11 rings (SSSR count). The van der Waals surface area contributed by atoms with Crippen LogP contribution in [0.5, 0.6) is 0 Å². The molecule has 0 saturated heterocycles. The second kappa shape index (κ2) is 11.2. The van der Waals surface area contributed by atoms with Crippen molar-refractivity contribution in [3.63, 3.8) is 0 Å². The molecule has 8 aromatic carbocycles. The summed E-state index contributed by atoms with van der Waals surface area (Å²) in [7, 11) is 0. The molecule has 0 spiro atoms. The fourth-order valence-electron chi connectivity index (χ4n) is 8.15. The highest BCUT2D eigenvalue weighted by atomic mass is 15.0. The summed E-state index contributed by atoms with van der Waals surface area (Å²) in [6, 6.07) is 64.8. The van der Waals surface area contributed by atoms with Gasteiger partial charge in [0.2, 0.25) is 0 Å². The second-order valence-corrected chi connectivity index (χ2v) is 13.4. The Morgan fingerprint density at radius 3 is 1.63 bits per heavy atom. The van der Waals surface area contributed by atoms with Crippen molar-refractivity contribution in [2.75, 3.05) is 0 Å². The molecule has 0 unspecified atom stereocenters. The maximum atomic E-state index is 5.17. The quantitative estimate of drug-likeness (QED) is 0.188. The first-order valence-corrected chi connectivity index (χ1v) is 17.7. The molecule has 0 aliphatic rings.